The summed E-state index contributed by atoms with van der Waals surface area (Å²) in [6.45, 7) is 1.98. The van der Waals surface area contributed by atoms with Crippen LogP contribution in [0.1, 0.15) is 5.56 Å². The molecule has 2 rings (SSSR count). The Bertz CT molecular complexity index is 478. The molecule has 1 heterocycles. The number of rotatable bonds is 0. The van der Waals surface area contributed by atoms with Crippen LogP contribution in [0.4, 0.5) is 0 Å². The number of aromatic nitrogens is 3. The molecule has 2 aromatic rings. The molecule has 0 saturated carbocycles. The van der Waals surface area contributed by atoms with Gasteiger partial charge in [0.2, 0.25) is 0 Å². The Morgan fingerprint density at radius 3 is 2.92 bits per heavy atom. The highest BCUT2D eigenvalue weighted by Crippen LogP contribution is 2.30. The van der Waals surface area contributed by atoms with Gasteiger partial charge in [0, 0.05) is 11.5 Å². The molecule has 0 fully saturated rings. The molecule has 0 amide bonds. The van der Waals surface area contributed by atoms with Gasteiger partial charge < -0.3 is 0 Å². The monoisotopic (exact) mass is 259 g/mol. The Kier molecular flexibility index (Phi) is 2.04. The highest BCUT2D eigenvalue weighted by atomic mass is 79.9. The summed E-state index contributed by atoms with van der Waals surface area (Å²) in [5.74, 6) is 0. The standard InChI is InChI=1S/C8H7BrClN3/c1-4-5(9)3-6(10)8-7(4)11-12-13(8)2/h3H,1-2H3. The normalized spacial score (nSPS) is 11.1. The first-order valence-electron chi connectivity index (χ1n) is 3.75. The van der Waals surface area contributed by atoms with Crippen LogP contribution >= 0.6 is 27.5 Å². The van der Waals surface area contributed by atoms with E-state index in [-0.39, 0.29) is 0 Å². The third-order valence-corrected chi connectivity index (χ3v) is 3.13. The van der Waals surface area contributed by atoms with E-state index in [2.05, 4.69) is 26.2 Å². The highest BCUT2D eigenvalue weighted by Gasteiger charge is 2.11. The Labute approximate surface area is 88.8 Å². The molecule has 0 atom stereocenters. The summed E-state index contributed by atoms with van der Waals surface area (Å²) in [6.07, 6.45) is 0. The van der Waals surface area contributed by atoms with Crippen molar-refractivity contribution in [3.05, 3.63) is 21.1 Å². The zero-order chi connectivity index (χ0) is 9.59. The quantitative estimate of drug-likeness (QED) is 0.729. The van der Waals surface area contributed by atoms with Crippen LogP contribution in [0.3, 0.4) is 0 Å². The summed E-state index contributed by atoms with van der Waals surface area (Å²) in [5, 5.41) is 8.62. The Morgan fingerprint density at radius 1 is 1.54 bits per heavy atom. The topological polar surface area (TPSA) is 30.7 Å². The molecular formula is C8H7BrClN3. The van der Waals surface area contributed by atoms with E-state index in [1.165, 1.54) is 0 Å². The van der Waals surface area contributed by atoms with Gasteiger partial charge in [-0.15, -0.1) is 5.10 Å². The number of nitrogens with zero attached hydrogens (tertiary/aromatic N) is 3. The predicted octanol–water partition coefficient (Wildman–Crippen LogP) is 2.69. The van der Waals surface area contributed by atoms with E-state index in [1.54, 1.807) is 4.68 Å². The number of fused-ring (bicyclic) bond motifs is 1. The van der Waals surface area contributed by atoms with E-state index in [9.17, 15) is 0 Å². The van der Waals surface area contributed by atoms with Crippen molar-refractivity contribution in [3.8, 4) is 0 Å². The van der Waals surface area contributed by atoms with Gasteiger partial charge in [0.25, 0.3) is 0 Å². The molecular weight excluding hydrogens is 253 g/mol. The second kappa shape index (κ2) is 2.96. The number of benzene rings is 1. The van der Waals surface area contributed by atoms with Gasteiger partial charge in [-0.2, -0.15) is 0 Å². The Hall–Kier alpha value is -0.610. The van der Waals surface area contributed by atoms with E-state index >= 15 is 0 Å². The van der Waals surface area contributed by atoms with Gasteiger partial charge in [0.05, 0.1) is 5.02 Å². The highest BCUT2D eigenvalue weighted by molar-refractivity contribution is 9.10. The van der Waals surface area contributed by atoms with Crippen molar-refractivity contribution in [2.45, 2.75) is 6.92 Å². The zero-order valence-corrected chi connectivity index (χ0v) is 9.52. The number of aryl methyl sites for hydroxylation is 2. The third kappa shape index (κ3) is 1.25. The van der Waals surface area contributed by atoms with Crippen LogP contribution in [0.5, 0.6) is 0 Å². The molecule has 1 aromatic carbocycles. The van der Waals surface area contributed by atoms with E-state index in [4.69, 9.17) is 11.6 Å². The van der Waals surface area contributed by atoms with Crippen molar-refractivity contribution in [2.75, 3.05) is 0 Å². The van der Waals surface area contributed by atoms with Crippen LogP contribution in [0.2, 0.25) is 5.02 Å². The van der Waals surface area contributed by atoms with Gasteiger partial charge in [0.15, 0.2) is 0 Å². The smallest absolute Gasteiger partial charge is 0.118 e. The fourth-order valence-electron chi connectivity index (χ4n) is 1.28. The molecule has 13 heavy (non-hydrogen) atoms. The molecule has 0 bridgehead atoms. The van der Waals surface area contributed by atoms with Crippen LogP contribution in [-0.2, 0) is 7.05 Å². The number of hydrogen-bond donors (Lipinski definition) is 0. The molecule has 0 radical (unpaired) electrons. The molecule has 0 aliphatic carbocycles. The Morgan fingerprint density at radius 2 is 2.23 bits per heavy atom. The molecule has 0 aliphatic rings. The third-order valence-electron chi connectivity index (χ3n) is 2.02. The van der Waals surface area contributed by atoms with Crippen LogP contribution < -0.4 is 0 Å². The summed E-state index contributed by atoms with van der Waals surface area (Å²) >= 11 is 9.47. The van der Waals surface area contributed by atoms with E-state index in [1.807, 2.05) is 20.0 Å². The SMILES string of the molecule is Cc1c(Br)cc(Cl)c2c1nnn2C. The predicted molar refractivity (Wildman–Crippen MR) is 56.0 cm³/mol. The number of hydrogen-bond acceptors (Lipinski definition) is 2. The number of halogens is 2. The fraction of sp³-hybridized carbons (Fsp3) is 0.250. The summed E-state index contributed by atoms with van der Waals surface area (Å²) < 4.78 is 2.64. The minimum atomic E-state index is 0.667. The Balaban J connectivity index is 2.99. The summed E-state index contributed by atoms with van der Waals surface area (Å²) in [6, 6.07) is 1.86. The lowest BCUT2D eigenvalue weighted by Crippen LogP contribution is -1.90. The average Bonchev–Trinajstić information content (AvgIpc) is 2.44. The maximum absolute atomic E-state index is 6.05. The largest absolute Gasteiger partial charge is 0.246 e. The minimum Gasteiger partial charge on any atom is -0.246 e. The van der Waals surface area contributed by atoms with E-state index < -0.39 is 0 Å². The maximum Gasteiger partial charge on any atom is 0.118 e. The molecule has 0 unspecified atom stereocenters. The van der Waals surface area contributed by atoms with Crippen LogP contribution in [0.25, 0.3) is 11.0 Å². The first kappa shape index (κ1) is 8.97. The van der Waals surface area contributed by atoms with E-state index in [0.717, 1.165) is 21.1 Å². The van der Waals surface area contributed by atoms with E-state index in [0.29, 0.717) is 5.02 Å². The second-order valence-electron chi connectivity index (χ2n) is 2.88. The van der Waals surface area contributed by atoms with Gasteiger partial charge in [-0.1, -0.05) is 32.7 Å². The fourth-order valence-corrected chi connectivity index (χ4v) is 2.15. The molecule has 0 N–H and O–H groups in total. The average molecular weight is 261 g/mol. The summed E-state index contributed by atoms with van der Waals surface area (Å²) in [7, 11) is 1.83. The molecule has 0 saturated heterocycles. The molecule has 3 nitrogen and oxygen atoms in total. The lowest BCUT2D eigenvalue weighted by Gasteiger charge is -2.01. The van der Waals surface area contributed by atoms with Gasteiger partial charge in [0.1, 0.15) is 11.0 Å². The van der Waals surface area contributed by atoms with Gasteiger partial charge in [-0.25, -0.2) is 4.68 Å². The van der Waals surface area contributed by atoms with Gasteiger partial charge in [-0.3, -0.25) is 0 Å². The van der Waals surface area contributed by atoms with Crippen LogP contribution in [-0.4, -0.2) is 15.0 Å². The van der Waals surface area contributed by atoms with Crippen LogP contribution in [0.15, 0.2) is 10.5 Å². The lowest BCUT2D eigenvalue weighted by atomic mass is 10.2. The maximum atomic E-state index is 6.05. The summed E-state index contributed by atoms with van der Waals surface area (Å²) in [4.78, 5) is 0. The second-order valence-corrected chi connectivity index (χ2v) is 4.14. The first-order valence-corrected chi connectivity index (χ1v) is 4.92. The van der Waals surface area contributed by atoms with Crippen molar-refractivity contribution in [3.63, 3.8) is 0 Å². The van der Waals surface area contributed by atoms with Crippen molar-refractivity contribution < 1.29 is 0 Å². The lowest BCUT2D eigenvalue weighted by molar-refractivity contribution is 0.736. The first-order chi connectivity index (χ1) is 6.11. The minimum absolute atomic E-state index is 0.667. The molecule has 0 spiro atoms. The van der Waals surface area contributed by atoms with Crippen molar-refractivity contribution in [1.29, 1.82) is 0 Å². The van der Waals surface area contributed by atoms with Crippen LogP contribution in [0, 0.1) is 6.92 Å². The molecule has 0 aliphatic heterocycles. The molecule has 68 valence electrons. The van der Waals surface area contributed by atoms with Crippen molar-refractivity contribution in [2.24, 2.45) is 7.05 Å². The van der Waals surface area contributed by atoms with Gasteiger partial charge in [-0.05, 0) is 18.6 Å². The summed E-state index contributed by atoms with van der Waals surface area (Å²) in [5.41, 5.74) is 2.79. The zero-order valence-electron chi connectivity index (χ0n) is 7.17. The van der Waals surface area contributed by atoms with Crippen molar-refractivity contribution >= 4 is 38.6 Å². The van der Waals surface area contributed by atoms with Crippen molar-refractivity contribution in [1.82, 2.24) is 15.0 Å². The molecule has 1 aromatic heterocycles. The van der Waals surface area contributed by atoms with Gasteiger partial charge >= 0.3 is 0 Å². The molecule has 5 heteroatoms.